The van der Waals surface area contributed by atoms with Gasteiger partial charge in [-0.1, -0.05) is 6.07 Å². The van der Waals surface area contributed by atoms with Gasteiger partial charge < -0.3 is 10.6 Å². The van der Waals surface area contributed by atoms with Crippen LogP contribution in [0.5, 0.6) is 0 Å². The lowest BCUT2D eigenvalue weighted by Crippen LogP contribution is -2.24. The van der Waals surface area contributed by atoms with E-state index in [0.717, 1.165) is 16.8 Å². The van der Waals surface area contributed by atoms with E-state index in [9.17, 15) is 8.42 Å². The van der Waals surface area contributed by atoms with Gasteiger partial charge in [0, 0.05) is 32.1 Å². The minimum Gasteiger partial charge on any atom is -0.374 e. The summed E-state index contributed by atoms with van der Waals surface area (Å²) in [5.74, 6) is 0.168. The molecule has 0 fully saturated rings. The Labute approximate surface area is 103 Å². The molecule has 1 aromatic rings. The van der Waals surface area contributed by atoms with Crippen LogP contribution < -0.4 is 10.6 Å². The van der Waals surface area contributed by atoms with Gasteiger partial charge in [-0.3, -0.25) is 0 Å². The molecule has 0 saturated carbocycles. The summed E-state index contributed by atoms with van der Waals surface area (Å²) in [6.07, 6.45) is 1.25. The Balaban J connectivity index is 2.76. The Morgan fingerprint density at radius 1 is 1.35 bits per heavy atom. The normalized spacial score (nSPS) is 11.5. The van der Waals surface area contributed by atoms with Gasteiger partial charge in [-0.15, -0.1) is 0 Å². The van der Waals surface area contributed by atoms with Crippen molar-refractivity contribution in [1.82, 2.24) is 0 Å². The van der Waals surface area contributed by atoms with Gasteiger partial charge in [0.2, 0.25) is 0 Å². The predicted octanol–water partition coefficient (Wildman–Crippen LogP) is 0.935. The van der Waals surface area contributed by atoms with Crippen molar-refractivity contribution in [1.29, 1.82) is 0 Å². The molecule has 0 spiro atoms. The standard InChI is InChI=1S/C12H20N2O2S/c1-10-8-12(5-4-11(10)9-13)14(2)6-7-17(3,15)16/h4-5,8H,6-7,9,13H2,1-3H3. The highest BCUT2D eigenvalue weighted by Crippen LogP contribution is 2.17. The second kappa shape index (κ2) is 5.51. The minimum atomic E-state index is -2.91. The molecule has 96 valence electrons. The minimum absolute atomic E-state index is 0.168. The van der Waals surface area contributed by atoms with Crippen molar-refractivity contribution < 1.29 is 8.42 Å². The van der Waals surface area contributed by atoms with Crippen LogP contribution >= 0.6 is 0 Å². The summed E-state index contributed by atoms with van der Waals surface area (Å²) in [5, 5.41) is 0. The smallest absolute Gasteiger partial charge is 0.149 e. The Bertz CT molecular complexity index is 483. The van der Waals surface area contributed by atoms with Gasteiger partial charge in [-0.05, 0) is 30.2 Å². The zero-order valence-corrected chi connectivity index (χ0v) is 11.4. The van der Waals surface area contributed by atoms with Crippen molar-refractivity contribution in [3.63, 3.8) is 0 Å². The second-order valence-corrected chi connectivity index (χ2v) is 6.63. The second-order valence-electron chi connectivity index (χ2n) is 4.37. The molecule has 0 aromatic heterocycles. The van der Waals surface area contributed by atoms with Gasteiger partial charge in [-0.2, -0.15) is 0 Å². The van der Waals surface area contributed by atoms with Crippen LogP contribution in [0.3, 0.4) is 0 Å². The topological polar surface area (TPSA) is 63.4 Å². The van der Waals surface area contributed by atoms with Gasteiger partial charge in [0.05, 0.1) is 5.75 Å². The van der Waals surface area contributed by atoms with E-state index in [-0.39, 0.29) is 5.75 Å². The summed E-state index contributed by atoms with van der Waals surface area (Å²) in [6.45, 7) is 3.04. The number of nitrogens with zero attached hydrogens (tertiary/aromatic N) is 1. The number of anilines is 1. The molecule has 0 aliphatic heterocycles. The molecule has 0 unspecified atom stereocenters. The molecule has 0 saturated heterocycles. The summed E-state index contributed by atoms with van der Waals surface area (Å²) in [4.78, 5) is 1.94. The van der Waals surface area contributed by atoms with Crippen molar-refractivity contribution in [2.24, 2.45) is 5.73 Å². The van der Waals surface area contributed by atoms with E-state index in [1.165, 1.54) is 6.26 Å². The molecule has 0 bridgehead atoms. The molecule has 0 heterocycles. The molecular weight excluding hydrogens is 236 g/mol. The van der Waals surface area contributed by atoms with E-state index in [0.29, 0.717) is 13.1 Å². The van der Waals surface area contributed by atoms with E-state index in [2.05, 4.69) is 0 Å². The number of benzene rings is 1. The van der Waals surface area contributed by atoms with Crippen LogP contribution in [0.2, 0.25) is 0 Å². The lowest BCUT2D eigenvalue weighted by atomic mass is 10.1. The monoisotopic (exact) mass is 256 g/mol. The summed E-state index contributed by atoms with van der Waals surface area (Å²) >= 11 is 0. The average Bonchev–Trinajstić information content (AvgIpc) is 2.24. The molecule has 0 aliphatic carbocycles. The van der Waals surface area contributed by atoms with Gasteiger partial charge in [0.15, 0.2) is 0 Å². The third kappa shape index (κ3) is 4.36. The highest BCUT2D eigenvalue weighted by molar-refractivity contribution is 7.90. The maximum absolute atomic E-state index is 11.1. The van der Waals surface area contributed by atoms with Crippen LogP contribution in [0.4, 0.5) is 5.69 Å². The van der Waals surface area contributed by atoms with E-state index >= 15 is 0 Å². The first kappa shape index (κ1) is 14.0. The summed E-state index contributed by atoms with van der Waals surface area (Å²) in [7, 11) is -1.02. The fourth-order valence-electron chi connectivity index (χ4n) is 1.58. The van der Waals surface area contributed by atoms with E-state index < -0.39 is 9.84 Å². The number of nitrogens with two attached hydrogens (primary N) is 1. The first-order chi connectivity index (χ1) is 7.83. The van der Waals surface area contributed by atoms with Gasteiger partial charge in [-0.25, -0.2) is 8.42 Å². The fraction of sp³-hybridized carbons (Fsp3) is 0.500. The predicted molar refractivity (Wildman–Crippen MR) is 72.1 cm³/mol. The molecule has 4 nitrogen and oxygen atoms in total. The van der Waals surface area contributed by atoms with E-state index in [1.807, 2.05) is 37.1 Å². The van der Waals surface area contributed by atoms with Gasteiger partial charge in [0.1, 0.15) is 9.84 Å². The Hall–Kier alpha value is -1.07. The highest BCUT2D eigenvalue weighted by atomic mass is 32.2. The molecule has 0 radical (unpaired) electrons. The van der Waals surface area contributed by atoms with Gasteiger partial charge >= 0.3 is 0 Å². The van der Waals surface area contributed by atoms with Crippen molar-refractivity contribution in [2.75, 3.05) is 30.5 Å². The van der Waals surface area contributed by atoms with Crippen molar-refractivity contribution in [3.8, 4) is 0 Å². The maximum atomic E-state index is 11.1. The molecule has 0 aliphatic rings. The number of aryl methyl sites for hydroxylation is 1. The molecule has 2 N–H and O–H groups in total. The summed E-state index contributed by atoms with van der Waals surface area (Å²) < 4.78 is 22.2. The maximum Gasteiger partial charge on any atom is 0.149 e. The summed E-state index contributed by atoms with van der Waals surface area (Å²) in [5.41, 5.74) is 8.87. The average molecular weight is 256 g/mol. The van der Waals surface area contributed by atoms with Crippen LogP contribution in [0.1, 0.15) is 11.1 Å². The zero-order valence-electron chi connectivity index (χ0n) is 10.6. The number of sulfone groups is 1. The number of rotatable bonds is 5. The third-order valence-corrected chi connectivity index (χ3v) is 3.71. The molecular formula is C12H20N2O2S. The Morgan fingerprint density at radius 3 is 2.47 bits per heavy atom. The van der Waals surface area contributed by atoms with Crippen molar-refractivity contribution in [3.05, 3.63) is 29.3 Å². The summed E-state index contributed by atoms with van der Waals surface area (Å²) in [6, 6.07) is 5.99. The van der Waals surface area contributed by atoms with Crippen LogP contribution in [0.25, 0.3) is 0 Å². The Morgan fingerprint density at radius 2 is 2.00 bits per heavy atom. The largest absolute Gasteiger partial charge is 0.374 e. The van der Waals surface area contributed by atoms with Crippen LogP contribution in [0, 0.1) is 6.92 Å². The molecule has 17 heavy (non-hydrogen) atoms. The van der Waals surface area contributed by atoms with Crippen LogP contribution in [-0.4, -0.2) is 34.0 Å². The third-order valence-electron chi connectivity index (χ3n) is 2.78. The zero-order chi connectivity index (χ0) is 13.1. The lowest BCUT2D eigenvalue weighted by Gasteiger charge is -2.20. The van der Waals surface area contributed by atoms with E-state index in [4.69, 9.17) is 5.73 Å². The number of hydrogen-bond donors (Lipinski definition) is 1. The SMILES string of the molecule is Cc1cc(N(C)CCS(C)(=O)=O)ccc1CN. The quantitative estimate of drug-likeness (QED) is 0.851. The molecule has 1 rings (SSSR count). The van der Waals surface area contributed by atoms with Crippen LogP contribution in [0.15, 0.2) is 18.2 Å². The molecule has 0 amide bonds. The first-order valence-corrected chi connectivity index (χ1v) is 7.58. The molecule has 0 atom stereocenters. The molecule has 5 heteroatoms. The Kier molecular flexibility index (Phi) is 4.54. The van der Waals surface area contributed by atoms with Crippen LogP contribution in [-0.2, 0) is 16.4 Å². The lowest BCUT2D eigenvalue weighted by molar-refractivity contribution is 0.601. The van der Waals surface area contributed by atoms with Crippen molar-refractivity contribution in [2.45, 2.75) is 13.5 Å². The van der Waals surface area contributed by atoms with Gasteiger partial charge in [0.25, 0.3) is 0 Å². The fourth-order valence-corrected chi connectivity index (χ4v) is 2.18. The first-order valence-electron chi connectivity index (χ1n) is 5.52. The van der Waals surface area contributed by atoms with E-state index in [1.54, 1.807) is 0 Å². The number of hydrogen-bond acceptors (Lipinski definition) is 4. The molecule has 1 aromatic carbocycles. The van der Waals surface area contributed by atoms with Crippen molar-refractivity contribution >= 4 is 15.5 Å². The highest BCUT2D eigenvalue weighted by Gasteiger charge is 2.07.